The van der Waals surface area contributed by atoms with Crippen LogP contribution < -0.4 is 5.32 Å². The molecule has 0 spiro atoms. The SMILES string of the molecule is CCN(CCC#N)S(=O)(=O)c1ccc([N+](=O)[O-])cc1NC. The average molecular weight is 312 g/mol. The molecule has 0 amide bonds. The molecule has 0 fully saturated rings. The van der Waals surface area contributed by atoms with Crippen molar-refractivity contribution in [3.63, 3.8) is 0 Å². The van der Waals surface area contributed by atoms with Crippen molar-refractivity contribution in [3.8, 4) is 6.07 Å². The predicted molar refractivity (Wildman–Crippen MR) is 77.3 cm³/mol. The Kier molecular flexibility index (Phi) is 5.63. The maximum absolute atomic E-state index is 12.5. The van der Waals surface area contributed by atoms with E-state index in [9.17, 15) is 18.5 Å². The Bertz CT molecular complexity index is 666. The monoisotopic (exact) mass is 312 g/mol. The van der Waals surface area contributed by atoms with Crippen LogP contribution in [-0.4, -0.2) is 37.8 Å². The fraction of sp³-hybridized carbons (Fsp3) is 0.417. The smallest absolute Gasteiger partial charge is 0.271 e. The Labute approximate surface area is 123 Å². The van der Waals surface area contributed by atoms with E-state index >= 15 is 0 Å². The van der Waals surface area contributed by atoms with Gasteiger partial charge in [-0.05, 0) is 6.07 Å². The molecule has 0 aromatic heterocycles. The number of hydrogen-bond acceptors (Lipinski definition) is 6. The summed E-state index contributed by atoms with van der Waals surface area (Å²) >= 11 is 0. The molecule has 1 rings (SSSR count). The molecular weight excluding hydrogens is 296 g/mol. The van der Waals surface area contributed by atoms with Gasteiger partial charge in [-0.2, -0.15) is 9.57 Å². The Morgan fingerprint density at radius 1 is 1.48 bits per heavy atom. The molecule has 0 aliphatic carbocycles. The minimum absolute atomic E-state index is 0.0459. The second kappa shape index (κ2) is 7.01. The molecule has 8 nitrogen and oxygen atoms in total. The fourth-order valence-electron chi connectivity index (χ4n) is 1.81. The van der Waals surface area contributed by atoms with Crippen molar-refractivity contribution >= 4 is 21.4 Å². The van der Waals surface area contributed by atoms with E-state index in [4.69, 9.17) is 5.26 Å². The summed E-state index contributed by atoms with van der Waals surface area (Å²) in [5.74, 6) is 0. The number of rotatable bonds is 7. The number of nitrogens with zero attached hydrogens (tertiary/aromatic N) is 3. The van der Waals surface area contributed by atoms with Crippen LogP contribution in [0.25, 0.3) is 0 Å². The first-order valence-electron chi connectivity index (χ1n) is 6.21. The van der Waals surface area contributed by atoms with Crippen LogP contribution >= 0.6 is 0 Å². The number of benzene rings is 1. The highest BCUT2D eigenvalue weighted by Gasteiger charge is 2.26. The van der Waals surface area contributed by atoms with E-state index < -0.39 is 14.9 Å². The van der Waals surface area contributed by atoms with Crippen LogP contribution in [0.15, 0.2) is 23.1 Å². The van der Waals surface area contributed by atoms with Gasteiger partial charge in [-0.25, -0.2) is 8.42 Å². The zero-order valence-electron chi connectivity index (χ0n) is 11.7. The second-order valence-corrected chi connectivity index (χ2v) is 6.00. The molecule has 0 saturated heterocycles. The zero-order valence-corrected chi connectivity index (χ0v) is 12.6. The molecule has 0 saturated carbocycles. The first-order chi connectivity index (χ1) is 9.88. The highest BCUT2D eigenvalue weighted by molar-refractivity contribution is 7.89. The van der Waals surface area contributed by atoms with Gasteiger partial charge in [0.25, 0.3) is 5.69 Å². The molecule has 0 heterocycles. The Morgan fingerprint density at radius 2 is 2.14 bits per heavy atom. The van der Waals surface area contributed by atoms with Crippen LogP contribution in [0.2, 0.25) is 0 Å². The first kappa shape index (κ1) is 16.9. The van der Waals surface area contributed by atoms with Crippen molar-refractivity contribution in [2.45, 2.75) is 18.2 Å². The average Bonchev–Trinajstić information content (AvgIpc) is 2.46. The van der Waals surface area contributed by atoms with Gasteiger partial charge in [-0.1, -0.05) is 6.92 Å². The number of sulfonamides is 1. The van der Waals surface area contributed by atoms with Crippen LogP contribution in [0.3, 0.4) is 0 Å². The van der Waals surface area contributed by atoms with Crippen LogP contribution in [0.5, 0.6) is 0 Å². The summed E-state index contributed by atoms with van der Waals surface area (Å²) in [6.07, 6.45) is 0.0783. The van der Waals surface area contributed by atoms with Crippen molar-refractivity contribution < 1.29 is 13.3 Å². The Hall–Kier alpha value is -2.18. The van der Waals surface area contributed by atoms with Gasteiger partial charge in [-0.15, -0.1) is 0 Å². The molecule has 0 aliphatic rings. The number of nitro groups is 1. The van der Waals surface area contributed by atoms with E-state index in [1.54, 1.807) is 6.92 Å². The van der Waals surface area contributed by atoms with Gasteiger partial charge in [0.1, 0.15) is 4.90 Å². The molecular formula is C12H16N4O4S. The van der Waals surface area contributed by atoms with Gasteiger partial charge >= 0.3 is 0 Å². The van der Waals surface area contributed by atoms with Crippen LogP contribution in [0.4, 0.5) is 11.4 Å². The lowest BCUT2D eigenvalue weighted by molar-refractivity contribution is -0.384. The van der Waals surface area contributed by atoms with E-state index in [0.29, 0.717) is 0 Å². The summed E-state index contributed by atoms with van der Waals surface area (Å²) in [6, 6.07) is 5.42. The largest absolute Gasteiger partial charge is 0.387 e. The summed E-state index contributed by atoms with van der Waals surface area (Å²) < 4.78 is 26.2. The van der Waals surface area contributed by atoms with Gasteiger partial charge in [0.2, 0.25) is 10.0 Å². The number of hydrogen-bond donors (Lipinski definition) is 1. The number of anilines is 1. The summed E-state index contributed by atoms with van der Waals surface area (Å²) in [5.41, 5.74) is -0.0435. The summed E-state index contributed by atoms with van der Waals surface area (Å²) in [5, 5.41) is 22.0. The van der Waals surface area contributed by atoms with Crippen molar-refractivity contribution in [1.29, 1.82) is 5.26 Å². The molecule has 114 valence electrons. The predicted octanol–water partition coefficient (Wildman–Crippen LogP) is 1.56. The number of non-ortho nitro benzene ring substituents is 1. The van der Waals surface area contributed by atoms with Crippen molar-refractivity contribution in [2.75, 3.05) is 25.5 Å². The maximum atomic E-state index is 12.5. The minimum Gasteiger partial charge on any atom is -0.387 e. The standard InChI is InChI=1S/C12H16N4O4S/c1-3-15(8-4-7-13)21(19,20)12-6-5-10(16(17)18)9-11(12)14-2/h5-6,9,14H,3-4,8H2,1-2H3. The third kappa shape index (κ3) is 3.68. The van der Waals surface area contributed by atoms with Crippen LogP contribution in [0, 0.1) is 21.4 Å². The number of nitro benzene ring substituents is 1. The van der Waals surface area contributed by atoms with E-state index in [1.165, 1.54) is 19.2 Å². The molecule has 1 N–H and O–H groups in total. The third-order valence-corrected chi connectivity index (χ3v) is 4.92. The molecule has 0 unspecified atom stereocenters. The van der Waals surface area contributed by atoms with Gasteiger partial charge in [-0.3, -0.25) is 10.1 Å². The normalized spacial score (nSPS) is 11.1. The van der Waals surface area contributed by atoms with Crippen LogP contribution in [-0.2, 0) is 10.0 Å². The lowest BCUT2D eigenvalue weighted by atomic mass is 10.3. The summed E-state index contributed by atoms with van der Waals surface area (Å²) in [6.45, 7) is 1.96. The molecule has 0 bridgehead atoms. The molecule has 0 aliphatic heterocycles. The first-order valence-corrected chi connectivity index (χ1v) is 7.65. The topological polar surface area (TPSA) is 116 Å². The highest BCUT2D eigenvalue weighted by Crippen LogP contribution is 2.28. The van der Waals surface area contributed by atoms with E-state index in [1.807, 2.05) is 6.07 Å². The molecule has 21 heavy (non-hydrogen) atoms. The highest BCUT2D eigenvalue weighted by atomic mass is 32.2. The van der Waals surface area contributed by atoms with Crippen molar-refractivity contribution in [2.24, 2.45) is 0 Å². The molecule has 1 aromatic rings. The third-order valence-electron chi connectivity index (χ3n) is 2.89. The Morgan fingerprint density at radius 3 is 2.62 bits per heavy atom. The molecule has 0 radical (unpaired) electrons. The van der Waals surface area contributed by atoms with Gasteiger partial charge in [0.15, 0.2) is 0 Å². The number of nitrogens with one attached hydrogen (secondary N) is 1. The zero-order chi connectivity index (χ0) is 16.0. The van der Waals surface area contributed by atoms with Gasteiger partial charge < -0.3 is 5.32 Å². The summed E-state index contributed by atoms with van der Waals surface area (Å²) in [4.78, 5) is 10.1. The van der Waals surface area contributed by atoms with E-state index in [2.05, 4.69) is 5.32 Å². The van der Waals surface area contributed by atoms with Crippen molar-refractivity contribution in [1.82, 2.24) is 4.31 Å². The lowest BCUT2D eigenvalue weighted by Crippen LogP contribution is -2.32. The van der Waals surface area contributed by atoms with Gasteiger partial charge in [0, 0.05) is 38.7 Å². The maximum Gasteiger partial charge on any atom is 0.271 e. The van der Waals surface area contributed by atoms with Crippen molar-refractivity contribution in [3.05, 3.63) is 28.3 Å². The molecule has 9 heteroatoms. The molecule has 1 aromatic carbocycles. The minimum atomic E-state index is -3.81. The van der Waals surface area contributed by atoms with E-state index in [0.717, 1.165) is 10.4 Å². The van der Waals surface area contributed by atoms with Crippen LogP contribution in [0.1, 0.15) is 13.3 Å². The lowest BCUT2D eigenvalue weighted by Gasteiger charge is -2.20. The second-order valence-electron chi connectivity index (χ2n) is 4.09. The summed E-state index contributed by atoms with van der Waals surface area (Å²) in [7, 11) is -2.32. The Balaban J connectivity index is 3.30. The van der Waals surface area contributed by atoms with Gasteiger partial charge in [0.05, 0.1) is 16.7 Å². The quantitative estimate of drug-likeness (QED) is 0.603. The fourth-order valence-corrected chi connectivity index (χ4v) is 3.44. The van der Waals surface area contributed by atoms with E-state index in [-0.39, 0.29) is 35.8 Å². The molecule has 0 atom stereocenters. The number of nitriles is 1.